The zero-order chi connectivity index (χ0) is 28.6. The third-order valence-corrected chi connectivity index (χ3v) is 9.38. The minimum Gasteiger partial charge on any atom is -0.357 e. The van der Waals surface area contributed by atoms with Crippen LogP contribution in [0, 0.1) is 24.2 Å². The average Bonchev–Trinajstić information content (AvgIpc) is 3.22. The molecule has 1 aromatic heterocycles. The van der Waals surface area contributed by atoms with E-state index in [0.717, 1.165) is 75.8 Å². The number of nitriles is 1. The molecule has 0 atom stereocenters. The number of anilines is 1. The Bertz CT molecular complexity index is 1350. The number of carbonyl (C=O) groups is 1. The highest BCUT2D eigenvalue weighted by Crippen LogP contribution is 2.37. The van der Waals surface area contributed by atoms with E-state index in [1.807, 2.05) is 13.0 Å². The van der Waals surface area contributed by atoms with Crippen LogP contribution in [0.15, 0.2) is 40.0 Å². The van der Waals surface area contributed by atoms with E-state index >= 15 is 0 Å². The monoisotopic (exact) mass is 576 g/mol. The third kappa shape index (κ3) is 6.70. The number of pyridine rings is 1. The maximum absolute atomic E-state index is 13.6. The number of piperidine rings is 1. The number of nitrogens with zero attached hydrogens (tertiary/aromatic N) is 4. The number of hydrogen-bond acceptors (Lipinski definition) is 6. The molecular weight excluding hydrogens is 537 g/mol. The van der Waals surface area contributed by atoms with Crippen LogP contribution >= 0.6 is 24.0 Å². The summed E-state index contributed by atoms with van der Waals surface area (Å²) < 4.78 is 2.37. The quantitative estimate of drug-likeness (QED) is 0.169. The maximum atomic E-state index is 13.6. The standard InChI is InChI=1S/C32H40N4O2S2/c1-4-6-11-17-36-31(38)28(40-32(36)39)21-26-23(3)27(22-33)30(37)35(16-7-5-2)29(26)34-18-14-25(15-19-34)20-24-12-9-8-10-13-24/h8-10,12-13,21,25H,4-7,11,14-20H2,1-3H3/b28-21-. The molecule has 0 spiro atoms. The molecule has 0 radical (unpaired) electrons. The smallest absolute Gasteiger partial charge is 0.270 e. The van der Waals surface area contributed by atoms with Gasteiger partial charge in [0.2, 0.25) is 0 Å². The van der Waals surface area contributed by atoms with Gasteiger partial charge in [-0.25, -0.2) is 0 Å². The van der Waals surface area contributed by atoms with Crippen LogP contribution in [-0.4, -0.2) is 39.3 Å². The Labute approximate surface area is 248 Å². The number of thioether (sulfide) groups is 1. The first-order chi connectivity index (χ1) is 19.4. The molecule has 0 unspecified atom stereocenters. The van der Waals surface area contributed by atoms with Gasteiger partial charge in [0.1, 0.15) is 21.8 Å². The van der Waals surface area contributed by atoms with Crippen molar-refractivity contribution in [3.8, 4) is 6.07 Å². The van der Waals surface area contributed by atoms with Crippen molar-refractivity contribution in [1.82, 2.24) is 9.47 Å². The van der Waals surface area contributed by atoms with Gasteiger partial charge in [-0.3, -0.25) is 19.1 Å². The Hall–Kier alpha value is -2.89. The Morgan fingerprint density at radius 2 is 1.75 bits per heavy atom. The number of amides is 1. The van der Waals surface area contributed by atoms with Crippen LogP contribution in [0.3, 0.4) is 0 Å². The molecule has 1 aromatic carbocycles. The van der Waals surface area contributed by atoms with E-state index in [2.05, 4.69) is 55.1 Å². The summed E-state index contributed by atoms with van der Waals surface area (Å²) in [5.74, 6) is 1.34. The number of rotatable bonds is 11. The maximum Gasteiger partial charge on any atom is 0.270 e. The first kappa shape index (κ1) is 30.1. The molecule has 0 aliphatic carbocycles. The molecular formula is C32H40N4O2S2. The lowest BCUT2D eigenvalue weighted by Crippen LogP contribution is -2.40. The summed E-state index contributed by atoms with van der Waals surface area (Å²) in [5, 5.41) is 9.97. The normalized spacial score (nSPS) is 17.2. The fourth-order valence-electron chi connectivity index (χ4n) is 5.65. The summed E-state index contributed by atoms with van der Waals surface area (Å²) in [6.45, 7) is 8.89. The molecule has 2 aromatic rings. The molecule has 212 valence electrons. The number of hydrogen-bond donors (Lipinski definition) is 0. The molecule has 8 heteroatoms. The lowest BCUT2D eigenvalue weighted by Gasteiger charge is -2.36. The number of unbranched alkanes of at least 4 members (excludes halogenated alkanes) is 3. The molecule has 6 nitrogen and oxygen atoms in total. The van der Waals surface area contributed by atoms with Gasteiger partial charge in [-0.2, -0.15) is 5.26 Å². The SMILES string of the molecule is CCCCCN1C(=O)/C(=C/c2c(C)c(C#N)c(=O)n(CCCC)c2N2CCC(Cc3ccccc3)CC2)SC1=S. The van der Waals surface area contributed by atoms with Gasteiger partial charge in [0.25, 0.3) is 11.5 Å². The highest BCUT2D eigenvalue weighted by Gasteiger charge is 2.33. The van der Waals surface area contributed by atoms with Gasteiger partial charge in [-0.1, -0.05) is 87.4 Å². The zero-order valence-electron chi connectivity index (χ0n) is 23.9. The van der Waals surface area contributed by atoms with Crippen molar-refractivity contribution in [2.75, 3.05) is 24.5 Å². The summed E-state index contributed by atoms with van der Waals surface area (Å²) in [6, 6.07) is 12.8. The first-order valence-corrected chi connectivity index (χ1v) is 15.8. The fourth-order valence-corrected chi connectivity index (χ4v) is 6.94. The van der Waals surface area contributed by atoms with E-state index in [4.69, 9.17) is 12.2 Å². The molecule has 0 bridgehead atoms. The molecule has 1 amide bonds. The predicted molar refractivity (Wildman–Crippen MR) is 170 cm³/mol. The van der Waals surface area contributed by atoms with Crippen molar-refractivity contribution in [3.05, 3.63) is 67.8 Å². The van der Waals surface area contributed by atoms with Gasteiger partial charge in [0.05, 0.1) is 4.91 Å². The summed E-state index contributed by atoms with van der Waals surface area (Å²) >= 11 is 6.90. The van der Waals surface area contributed by atoms with E-state index in [0.29, 0.717) is 33.8 Å². The van der Waals surface area contributed by atoms with Crippen molar-refractivity contribution < 1.29 is 4.79 Å². The predicted octanol–water partition coefficient (Wildman–Crippen LogP) is 6.68. The van der Waals surface area contributed by atoms with Crippen LogP contribution in [0.2, 0.25) is 0 Å². The number of benzene rings is 1. The Morgan fingerprint density at radius 1 is 1.05 bits per heavy atom. The second kappa shape index (κ2) is 14.1. The summed E-state index contributed by atoms with van der Waals surface area (Å²) in [6.07, 6.45) is 9.80. The van der Waals surface area contributed by atoms with Crippen LogP contribution in [0.25, 0.3) is 6.08 Å². The Kier molecular flexibility index (Phi) is 10.6. The highest BCUT2D eigenvalue weighted by atomic mass is 32.2. The molecule has 4 rings (SSSR count). The first-order valence-electron chi connectivity index (χ1n) is 14.6. The number of aromatic nitrogens is 1. The van der Waals surface area contributed by atoms with Crippen LogP contribution in [0.5, 0.6) is 0 Å². The largest absolute Gasteiger partial charge is 0.357 e. The molecule has 2 aliphatic heterocycles. The van der Waals surface area contributed by atoms with Crippen molar-refractivity contribution in [1.29, 1.82) is 5.26 Å². The van der Waals surface area contributed by atoms with E-state index in [-0.39, 0.29) is 17.0 Å². The van der Waals surface area contributed by atoms with Crippen LogP contribution in [0.4, 0.5) is 5.82 Å². The summed E-state index contributed by atoms with van der Waals surface area (Å²) in [4.78, 5) is 31.6. The molecule has 3 heterocycles. The Balaban J connectivity index is 1.71. The molecule has 2 saturated heterocycles. The van der Waals surface area contributed by atoms with E-state index < -0.39 is 0 Å². The molecule has 2 aliphatic rings. The van der Waals surface area contributed by atoms with Gasteiger partial charge in [0, 0.05) is 31.7 Å². The van der Waals surface area contributed by atoms with E-state index in [9.17, 15) is 14.9 Å². The summed E-state index contributed by atoms with van der Waals surface area (Å²) in [7, 11) is 0. The summed E-state index contributed by atoms with van der Waals surface area (Å²) in [5.41, 5.74) is 2.71. The van der Waals surface area contributed by atoms with Gasteiger partial charge in [-0.15, -0.1) is 0 Å². The topological polar surface area (TPSA) is 69.3 Å². The third-order valence-electron chi connectivity index (χ3n) is 8.00. The number of thiocarbonyl (C=S) groups is 1. The molecule has 0 N–H and O–H groups in total. The lowest BCUT2D eigenvalue weighted by molar-refractivity contribution is -0.122. The van der Waals surface area contributed by atoms with Crippen molar-refractivity contribution in [3.63, 3.8) is 0 Å². The van der Waals surface area contributed by atoms with Crippen molar-refractivity contribution in [2.24, 2.45) is 5.92 Å². The molecule has 0 saturated carbocycles. The minimum atomic E-state index is -0.237. The number of carbonyl (C=O) groups excluding carboxylic acids is 1. The van der Waals surface area contributed by atoms with Gasteiger partial charge < -0.3 is 4.90 Å². The van der Waals surface area contributed by atoms with Gasteiger partial charge in [0.15, 0.2) is 0 Å². The molecule has 40 heavy (non-hydrogen) atoms. The van der Waals surface area contributed by atoms with Crippen LogP contribution in [0.1, 0.15) is 81.0 Å². The Morgan fingerprint density at radius 3 is 2.40 bits per heavy atom. The molecule has 2 fully saturated rings. The second-order valence-electron chi connectivity index (χ2n) is 10.8. The van der Waals surface area contributed by atoms with Crippen LogP contribution < -0.4 is 10.5 Å². The highest BCUT2D eigenvalue weighted by molar-refractivity contribution is 8.26. The van der Waals surface area contributed by atoms with Crippen molar-refractivity contribution >= 4 is 46.1 Å². The fraction of sp³-hybridized carbons (Fsp3) is 0.500. The lowest BCUT2D eigenvalue weighted by atomic mass is 9.90. The van der Waals surface area contributed by atoms with E-state index in [1.165, 1.54) is 17.3 Å². The van der Waals surface area contributed by atoms with E-state index in [1.54, 1.807) is 9.47 Å². The average molecular weight is 577 g/mol. The van der Waals surface area contributed by atoms with Gasteiger partial charge in [-0.05, 0) is 62.1 Å². The van der Waals surface area contributed by atoms with Crippen molar-refractivity contribution in [2.45, 2.75) is 78.7 Å². The van der Waals surface area contributed by atoms with Crippen LogP contribution in [-0.2, 0) is 17.8 Å². The zero-order valence-corrected chi connectivity index (χ0v) is 25.6. The second-order valence-corrected chi connectivity index (χ2v) is 12.5. The minimum absolute atomic E-state index is 0.0807. The van der Waals surface area contributed by atoms with Gasteiger partial charge >= 0.3 is 0 Å².